The zero-order chi connectivity index (χ0) is 21.7. The van der Waals surface area contributed by atoms with E-state index in [2.05, 4.69) is 0 Å². The van der Waals surface area contributed by atoms with E-state index in [4.69, 9.17) is 4.74 Å². The molecule has 30 heavy (non-hydrogen) atoms. The number of anilines is 1. The highest BCUT2D eigenvalue weighted by Crippen LogP contribution is 2.23. The Morgan fingerprint density at radius 3 is 2.20 bits per heavy atom. The second kappa shape index (κ2) is 9.00. The Morgan fingerprint density at radius 2 is 1.57 bits per heavy atom. The zero-order valence-electron chi connectivity index (χ0n) is 17.1. The van der Waals surface area contributed by atoms with E-state index in [1.807, 2.05) is 24.3 Å². The van der Waals surface area contributed by atoms with Crippen molar-refractivity contribution in [3.63, 3.8) is 0 Å². The molecule has 0 saturated heterocycles. The first kappa shape index (κ1) is 21.4. The van der Waals surface area contributed by atoms with Crippen LogP contribution in [-0.4, -0.2) is 40.4 Å². The van der Waals surface area contributed by atoms with Gasteiger partial charge in [0.1, 0.15) is 5.75 Å². The summed E-state index contributed by atoms with van der Waals surface area (Å²) in [5.74, 6) is 0.557. The molecule has 156 valence electrons. The van der Waals surface area contributed by atoms with Gasteiger partial charge in [0.25, 0.3) is 15.9 Å². The van der Waals surface area contributed by atoms with Crippen LogP contribution in [0.2, 0.25) is 0 Å². The number of rotatable bonds is 7. The molecule has 7 heteroatoms. The van der Waals surface area contributed by atoms with Crippen LogP contribution >= 0.6 is 0 Å². The van der Waals surface area contributed by atoms with Gasteiger partial charge in [-0.3, -0.25) is 9.10 Å². The van der Waals surface area contributed by atoms with Gasteiger partial charge in [0.2, 0.25) is 0 Å². The van der Waals surface area contributed by atoms with E-state index in [0.717, 1.165) is 11.3 Å². The number of amides is 1. The van der Waals surface area contributed by atoms with Crippen molar-refractivity contribution in [2.45, 2.75) is 11.4 Å². The molecule has 0 aliphatic rings. The molecule has 3 rings (SSSR count). The molecule has 6 nitrogen and oxygen atoms in total. The fourth-order valence-electron chi connectivity index (χ4n) is 3.02. The van der Waals surface area contributed by atoms with Crippen molar-refractivity contribution < 1.29 is 17.9 Å². The summed E-state index contributed by atoms with van der Waals surface area (Å²) in [5.41, 5.74) is 1.80. The standard InChI is InChI=1S/C23H24N2O4S/c1-24(17-18-12-14-21(29-3)15-13-18)23(26)19-8-7-9-20(16-19)25(2)30(27,28)22-10-5-4-6-11-22/h4-16H,17H2,1-3H3. The minimum Gasteiger partial charge on any atom is -0.497 e. The second-order valence-electron chi connectivity index (χ2n) is 6.85. The average molecular weight is 425 g/mol. The SMILES string of the molecule is COc1ccc(CN(C)C(=O)c2cccc(N(C)S(=O)(=O)c3ccccc3)c2)cc1. The predicted molar refractivity (Wildman–Crippen MR) is 117 cm³/mol. The summed E-state index contributed by atoms with van der Waals surface area (Å²) < 4.78 is 32.1. The predicted octanol–water partition coefficient (Wildman–Crippen LogP) is 3.79. The van der Waals surface area contributed by atoms with Gasteiger partial charge in [-0.25, -0.2) is 8.42 Å². The fraction of sp³-hybridized carbons (Fsp3) is 0.174. The summed E-state index contributed by atoms with van der Waals surface area (Å²) in [6.45, 7) is 0.422. The zero-order valence-corrected chi connectivity index (χ0v) is 18.0. The fourth-order valence-corrected chi connectivity index (χ4v) is 4.23. The third-order valence-electron chi connectivity index (χ3n) is 4.78. The number of sulfonamides is 1. The first-order valence-electron chi connectivity index (χ1n) is 9.35. The summed E-state index contributed by atoms with van der Waals surface area (Å²) in [4.78, 5) is 14.7. The van der Waals surface area contributed by atoms with Gasteiger partial charge in [0.05, 0.1) is 17.7 Å². The van der Waals surface area contributed by atoms with Crippen molar-refractivity contribution in [3.8, 4) is 5.75 Å². The van der Waals surface area contributed by atoms with Crippen molar-refractivity contribution in [1.82, 2.24) is 4.90 Å². The first-order chi connectivity index (χ1) is 14.3. The maximum Gasteiger partial charge on any atom is 0.264 e. The van der Waals surface area contributed by atoms with E-state index in [-0.39, 0.29) is 10.8 Å². The molecule has 0 saturated carbocycles. The van der Waals surface area contributed by atoms with E-state index in [9.17, 15) is 13.2 Å². The van der Waals surface area contributed by atoms with Crippen LogP contribution in [0.25, 0.3) is 0 Å². The van der Waals surface area contributed by atoms with E-state index < -0.39 is 10.0 Å². The minimum absolute atomic E-state index is 0.195. The third kappa shape index (κ3) is 4.63. The Kier molecular flexibility index (Phi) is 6.42. The Morgan fingerprint density at radius 1 is 0.900 bits per heavy atom. The molecular weight excluding hydrogens is 400 g/mol. The van der Waals surface area contributed by atoms with Crippen LogP contribution < -0.4 is 9.04 Å². The molecular formula is C23H24N2O4S. The highest BCUT2D eigenvalue weighted by atomic mass is 32.2. The highest BCUT2D eigenvalue weighted by molar-refractivity contribution is 7.92. The number of ether oxygens (including phenoxy) is 1. The number of nitrogens with zero attached hydrogens (tertiary/aromatic N) is 2. The molecule has 0 aliphatic heterocycles. The van der Waals surface area contributed by atoms with E-state index >= 15 is 0 Å². The van der Waals surface area contributed by atoms with Crippen LogP contribution in [0.15, 0.2) is 83.8 Å². The van der Waals surface area contributed by atoms with Crippen molar-refractivity contribution in [1.29, 1.82) is 0 Å². The number of carbonyl (C=O) groups excluding carboxylic acids is 1. The number of hydrogen-bond donors (Lipinski definition) is 0. The summed E-state index contributed by atoms with van der Waals surface area (Å²) in [5, 5.41) is 0. The van der Waals surface area contributed by atoms with Crippen molar-refractivity contribution in [3.05, 3.63) is 90.0 Å². The largest absolute Gasteiger partial charge is 0.497 e. The molecule has 0 N–H and O–H groups in total. The summed E-state index contributed by atoms with van der Waals surface area (Å²) in [6.07, 6.45) is 0. The molecule has 0 spiro atoms. The van der Waals surface area contributed by atoms with Gasteiger partial charge in [-0.2, -0.15) is 0 Å². The lowest BCUT2D eigenvalue weighted by atomic mass is 10.1. The number of hydrogen-bond acceptors (Lipinski definition) is 4. The lowest BCUT2D eigenvalue weighted by Gasteiger charge is -2.21. The summed E-state index contributed by atoms with van der Waals surface area (Å²) in [7, 11) is 1.08. The molecule has 0 radical (unpaired) electrons. The lowest BCUT2D eigenvalue weighted by molar-refractivity contribution is 0.0785. The Hall–Kier alpha value is -3.32. The van der Waals surface area contributed by atoms with Gasteiger partial charge in [0.15, 0.2) is 0 Å². The number of benzene rings is 3. The van der Waals surface area contributed by atoms with Crippen LogP contribution in [0, 0.1) is 0 Å². The molecule has 0 heterocycles. The van der Waals surface area contributed by atoms with Crippen LogP contribution in [-0.2, 0) is 16.6 Å². The number of methoxy groups -OCH3 is 1. The minimum atomic E-state index is -3.71. The molecule has 0 fully saturated rings. The first-order valence-corrected chi connectivity index (χ1v) is 10.8. The van der Waals surface area contributed by atoms with Crippen LogP contribution in [0.1, 0.15) is 15.9 Å². The van der Waals surface area contributed by atoms with Crippen LogP contribution in [0.4, 0.5) is 5.69 Å². The van der Waals surface area contributed by atoms with Crippen molar-refractivity contribution >= 4 is 21.6 Å². The van der Waals surface area contributed by atoms with Crippen molar-refractivity contribution in [2.75, 3.05) is 25.5 Å². The van der Waals surface area contributed by atoms with Crippen LogP contribution in [0.3, 0.4) is 0 Å². The van der Waals surface area contributed by atoms with Gasteiger partial charge in [0, 0.05) is 26.2 Å². The summed E-state index contributed by atoms with van der Waals surface area (Å²) in [6, 6.07) is 22.3. The Labute approximate surface area is 177 Å². The molecule has 0 unspecified atom stereocenters. The van der Waals surface area contributed by atoms with Crippen molar-refractivity contribution in [2.24, 2.45) is 0 Å². The van der Waals surface area contributed by atoms with E-state index in [1.165, 1.54) is 11.4 Å². The lowest BCUT2D eigenvalue weighted by Crippen LogP contribution is -2.28. The molecule has 0 atom stereocenters. The van der Waals surface area contributed by atoms with E-state index in [0.29, 0.717) is 17.8 Å². The second-order valence-corrected chi connectivity index (χ2v) is 8.81. The van der Waals surface area contributed by atoms with Crippen LogP contribution in [0.5, 0.6) is 5.75 Å². The Balaban J connectivity index is 1.79. The molecule has 0 aliphatic carbocycles. The van der Waals surface area contributed by atoms with Gasteiger partial charge < -0.3 is 9.64 Å². The molecule has 3 aromatic carbocycles. The quantitative estimate of drug-likeness (QED) is 0.579. The molecule has 1 amide bonds. The molecule has 0 bridgehead atoms. The normalized spacial score (nSPS) is 11.0. The van der Waals surface area contributed by atoms with Gasteiger partial charge >= 0.3 is 0 Å². The maximum absolute atomic E-state index is 12.9. The third-order valence-corrected chi connectivity index (χ3v) is 6.58. The van der Waals surface area contributed by atoms with Gasteiger partial charge in [-0.15, -0.1) is 0 Å². The van der Waals surface area contributed by atoms with E-state index in [1.54, 1.807) is 73.7 Å². The molecule has 3 aromatic rings. The Bertz CT molecular complexity index is 1110. The monoisotopic (exact) mass is 424 g/mol. The average Bonchev–Trinajstić information content (AvgIpc) is 2.79. The summed E-state index contributed by atoms with van der Waals surface area (Å²) >= 11 is 0. The smallest absolute Gasteiger partial charge is 0.264 e. The van der Waals surface area contributed by atoms with Gasteiger partial charge in [-0.05, 0) is 48.0 Å². The van der Waals surface area contributed by atoms with Gasteiger partial charge in [-0.1, -0.05) is 36.4 Å². The highest BCUT2D eigenvalue weighted by Gasteiger charge is 2.22. The molecule has 0 aromatic heterocycles. The number of carbonyl (C=O) groups is 1. The maximum atomic E-state index is 12.9. The topological polar surface area (TPSA) is 66.9 Å².